The molecule has 14 nitrogen and oxygen atoms in total. The Kier molecular flexibility index (Phi) is 7.23. The summed E-state index contributed by atoms with van der Waals surface area (Å²) in [6.07, 6.45) is -0.335. The number of fused-ring (bicyclic) bond motifs is 2. The second-order valence-corrected chi connectivity index (χ2v) is 10.4. The van der Waals surface area contributed by atoms with E-state index in [2.05, 4.69) is 15.1 Å². The molecule has 206 valence electrons. The summed E-state index contributed by atoms with van der Waals surface area (Å²) in [7, 11) is -1.43. The second kappa shape index (κ2) is 10.5. The van der Waals surface area contributed by atoms with Crippen LogP contribution in [-0.2, 0) is 49.3 Å². The fourth-order valence-electron chi connectivity index (χ4n) is 4.74. The highest BCUT2D eigenvalue weighted by molar-refractivity contribution is 7.48. The summed E-state index contributed by atoms with van der Waals surface area (Å²) in [5.41, 5.74) is 6.07. The highest BCUT2D eigenvalue weighted by Crippen LogP contribution is 2.59. The molecule has 2 saturated heterocycles. The predicted molar refractivity (Wildman–Crippen MR) is 135 cm³/mol. The summed E-state index contributed by atoms with van der Waals surface area (Å²) in [6, 6.07) is 9.91. The molecular weight excluding hydrogens is 533 g/mol. The van der Waals surface area contributed by atoms with Gasteiger partial charge in [-0.2, -0.15) is 5.10 Å². The van der Waals surface area contributed by atoms with E-state index in [9.17, 15) is 14.2 Å². The van der Waals surface area contributed by atoms with Crippen molar-refractivity contribution >= 4 is 37.3 Å². The first-order valence-corrected chi connectivity index (χ1v) is 13.3. The van der Waals surface area contributed by atoms with Crippen LogP contribution in [0.2, 0.25) is 0 Å². The Balaban J connectivity index is 1.48. The number of nitrogens with two attached hydrogens (primary N) is 1. The molecule has 2 aromatic heterocycles. The molecule has 0 aliphatic carbocycles. The molecule has 0 bridgehead atoms. The number of nitrogen functional groups attached to an aromatic ring is 1. The highest BCUT2D eigenvalue weighted by atomic mass is 31.2. The zero-order valence-corrected chi connectivity index (χ0v) is 22.1. The largest absolute Gasteiger partial charge is 0.475 e. The number of aliphatic imine (C=N–C) groups is 1. The van der Waals surface area contributed by atoms with Crippen LogP contribution in [-0.4, -0.2) is 71.8 Å². The van der Waals surface area contributed by atoms with Crippen molar-refractivity contribution in [2.45, 2.75) is 37.4 Å². The quantitative estimate of drug-likeness (QED) is 0.254. The van der Waals surface area contributed by atoms with Crippen molar-refractivity contribution in [3.8, 4) is 0 Å². The Morgan fingerprint density at radius 1 is 1.31 bits per heavy atom. The van der Waals surface area contributed by atoms with Gasteiger partial charge in [-0.3, -0.25) is 23.4 Å². The number of carbonyl (C=O) groups excluding carboxylic acids is 2. The Labute approximate surface area is 222 Å². The minimum atomic E-state index is -4.22. The number of ether oxygens (including phenoxy) is 3. The lowest BCUT2D eigenvalue weighted by Gasteiger charge is -2.33. The van der Waals surface area contributed by atoms with Gasteiger partial charge in [-0.1, -0.05) is 18.2 Å². The molecule has 5 rings (SSSR count). The number of aromatic nitrogens is 3. The third kappa shape index (κ3) is 4.81. The van der Waals surface area contributed by atoms with Gasteiger partial charge in [0.15, 0.2) is 17.5 Å². The van der Waals surface area contributed by atoms with E-state index in [1.807, 2.05) is 0 Å². The van der Waals surface area contributed by atoms with Gasteiger partial charge >= 0.3 is 19.8 Å². The van der Waals surface area contributed by atoms with Gasteiger partial charge in [-0.15, -0.1) is 0 Å². The molecule has 2 aliphatic rings. The number of rotatable bonds is 7. The lowest BCUT2D eigenvalue weighted by molar-refractivity contribution is -0.156. The number of esters is 2. The van der Waals surface area contributed by atoms with E-state index in [0.29, 0.717) is 16.8 Å². The van der Waals surface area contributed by atoms with E-state index in [4.69, 9.17) is 33.5 Å². The Morgan fingerprint density at radius 3 is 2.85 bits per heavy atom. The lowest BCUT2D eigenvalue weighted by atomic mass is 9.92. The lowest BCUT2D eigenvalue weighted by Crippen LogP contribution is -2.47. The SMILES string of the molecule is CN=C[C@@]1(c2ccc3c(N)ncnn23)O[C@@H]2COP(=O)(OCc3ccccc3C(=O)OC)O[C@H]2[C@H]1OC(C)=O. The molecule has 0 spiro atoms. The number of benzene rings is 1. The molecule has 1 aromatic carbocycles. The number of carbonyl (C=O) groups is 2. The van der Waals surface area contributed by atoms with E-state index in [0.717, 1.165) is 0 Å². The summed E-state index contributed by atoms with van der Waals surface area (Å²) in [5, 5.41) is 4.28. The Morgan fingerprint density at radius 2 is 2.10 bits per heavy atom. The molecule has 0 amide bonds. The summed E-state index contributed by atoms with van der Waals surface area (Å²) in [5.74, 6) is -0.986. The van der Waals surface area contributed by atoms with Gasteiger partial charge in [-0.25, -0.2) is 18.9 Å². The molecule has 0 radical (unpaired) electrons. The van der Waals surface area contributed by atoms with Gasteiger partial charge in [-0.05, 0) is 23.8 Å². The van der Waals surface area contributed by atoms with Crippen molar-refractivity contribution in [3.63, 3.8) is 0 Å². The first-order valence-electron chi connectivity index (χ1n) is 11.8. The van der Waals surface area contributed by atoms with Crippen molar-refractivity contribution in [3.05, 3.63) is 59.5 Å². The van der Waals surface area contributed by atoms with Crippen LogP contribution in [0.1, 0.15) is 28.5 Å². The number of hydrogen-bond donors (Lipinski definition) is 1. The molecule has 39 heavy (non-hydrogen) atoms. The van der Waals surface area contributed by atoms with Gasteiger partial charge < -0.3 is 19.9 Å². The zero-order valence-electron chi connectivity index (χ0n) is 21.3. The van der Waals surface area contributed by atoms with Gasteiger partial charge in [0.2, 0.25) is 0 Å². The van der Waals surface area contributed by atoms with Crippen LogP contribution in [0.3, 0.4) is 0 Å². The average molecular weight is 559 g/mol. The normalized spacial score (nSPS) is 28.4. The van der Waals surface area contributed by atoms with Gasteiger partial charge in [0.25, 0.3) is 0 Å². The summed E-state index contributed by atoms with van der Waals surface area (Å²) < 4.78 is 48.9. The standard InChI is InChI=1S/C24H26N5O9P/c1-14(30)36-21-20-18(37-24(21,12-26-2)19-9-8-17-22(25)27-13-28-29(17)19)11-35-39(32,38-20)34-10-15-6-4-5-7-16(15)23(31)33-3/h4-9,12-13,18,20-21H,10-11H2,1-3H3,(H2,25,27,28)/t18-,20-,21-,24+,39?/m1/s1. The third-order valence-corrected chi connectivity index (χ3v) is 7.79. The number of methoxy groups -OCH3 is 1. The molecule has 5 atom stereocenters. The number of nitrogens with zero attached hydrogens (tertiary/aromatic N) is 4. The zero-order chi connectivity index (χ0) is 27.8. The van der Waals surface area contributed by atoms with Crippen molar-refractivity contribution in [2.75, 3.05) is 26.5 Å². The molecule has 2 aliphatic heterocycles. The smallest absolute Gasteiger partial charge is 0.465 e. The maximum atomic E-state index is 13.6. The van der Waals surface area contributed by atoms with Crippen molar-refractivity contribution in [1.29, 1.82) is 0 Å². The number of anilines is 1. The summed E-state index contributed by atoms with van der Waals surface area (Å²) in [4.78, 5) is 32.5. The first-order chi connectivity index (χ1) is 18.7. The Hall–Kier alpha value is -3.68. The topological polar surface area (TPSA) is 175 Å². The van der Waals surface area contributed by atoms with Crippen LogP contribution < -0.4 is 5.73 Å². The van der Waals surface area contributed by atoms with Crippen LogP contribution in [0.25, 0.3) is 5.52 Å². The molecule has 2 N–H and O–H groups in total. The second-order valence-electron chi connectivity index (χ2n) is 8.76. The van der Waals surface area contributed by atoms with Gasteiger partial charge in [0.05, 0.1) is 31.6 Å². The molecular formula is C24H26N5O9P. The summed E-state index contributed by atoms with van der Waals surface area (Å²) >= 11 is 0. The minimum absolute atomic E-state index is 0.210. The van der Waals surface area contributed by atoms with Crippen LogP contribution >= 0.6 is 7.82 Å². The van der Waals surface area contributed by atoms with Crippen LogP contribution in [0, 0.1) is 0 Å². The molecule has 0 saturated carbocycles. The number of phosphoric ester groups is 1. The van der Waals surface area contributed by atoms with Gasteiger partial charge in [0.1, 0.15) is 24.1 Å². The van der Waals surface area contributed by atoms with Gasteiger partial charge in [0, 0.05) is 20.2 Å². The fraction of sp³-hybridized carbons (Fsp3) is 0.375. The van der Waals surface area contributed by atoms with Crippen LogP contribution in [0.15, 0.2) is 47.7 Å². The number of hydrogen-bond acceptors (Lipinski definition) is 13. The molecule has 1 unspecified atom stereocenters. The van der Waals surface area contributed by atoms with Crippen molar-refractivity contribution in [2.24, 2.45) is 4.99 Å². The molecule has 3 aromatic rings. The Bertz CT molecular complexity index is 1490. The number of phosphoric acid groups is 1. The first kappa shape index (κ1) is 26.9. The third-order valence-electron chi connectivity index (χ3n) is 6.38. The van der Waals surface area contributed by atoms with E-state index in [1.165, 1.54) is 38.1 Å². The van der Waals surface area contributed by atoms with Crippen LogP contribution in [0.4, 0.5) is 5.82 Å². The maximum Gasteiger partial charge on any atom is 0.475 e. The molecule has 4 heterocycles. The monoisotopic (exact) mass is 559 g/mol. The molecule has 2 fully saturated rings. The van der Waals surface area contributed by atoms with E-state index in [1.54, 1.807) is 36.4 Å². The van der Waals surface area contributed by atoms with E-state index in [-0.39, 0.29) is 24.6 Å². The average Bonchev–Trinajstić information content (AvgIpc) is 3.48. The van der Waals surface area contributed by atoms with E-state index < -0.39 is 43.7 Å². The van der Waals surface area contributed by atoms with Crippen molar-refractivity contribution in [1.82, 2.24) is 14.6 Å². The fourth-order valence-corrected chi connectivity index (χ4v) is 6.11. The van der Waals surface area contributed by atoms with E-state index >= 15 is 0 Å². The highest BCUT2D eigenvalue weighted by Gasteiger charge is 2.63. The van der Waals surface area contributed by atoms with Crippen LogP contribution in [0.5, 0.6) is 0 Å². The minimum Gasteiger partial charge on any atom is -0.465 e. The van der Waals surface area contributed by atoms with Crippen molar-refractivity contribution < 1.29 is 41.9 Å². The predicted octanol–water partition coefficient (Wildman–Crippen LogP) is 2.06. The maximum absolute atomic E-state index is 13.6. The molecule has 15 heteroatoms. The summed E-state index contributed by atoms with van der Waals surface area (Å²) in [6.45, 7) is 0.745.